The van der Waals surface area contributed by atoms with Crippen molar-refractivity contribution in [3.63, 3.8) is 0 Å². The van der Waals surface area contributed by atoms with Gasteiger partial charge in [0.2, 0.25) is 0 Å². The number of benzene rings is 1. The molecule has 0 atom stereocenters. The number of nitro benzene ring substituents is 1. The topological polar surface area (TPSA) is 111 Å². The van der Waals surface area contributed by atoms with E-state index in [9.17, 15) is 19.7 Å². The molecule has 29 heavy (non-hydrogen) atoms. The van der Waals surface area contributed by atoms with Gasteiger partial charge in [-0.2, -0.15) is 0 Å². The summed E-state index contributed by atoms with van der Waals surface area (Å²) in [4.78, 5) is 36.2. The largest absolute Gasteiger partial charge is 0.444 e. The van der Waals surface area contributed by atoms with Crippen LogP contribution in [-0.4, -0.2) is 41.4 Å². The Kier molecular flexibility index (Phi) is 8.17. The minimum atomic E-state index is -0.763. The maximum atomic E-state index is 12.6. The third-order valence-corrected chi connectivity index (χ3v) is 3.20. The van der Waals surface area contributed by atoms with Crippen LogP contribution in [0.1, 0.15) is 41.5 Å². The summed E-state index contributed by atoms with van der Waals surface area (Å²) >= 11 is 0. The van der Waals surface area contributed by atoms with Crippen LogP contribution in [0, 0.1) is 10.1 Å². The second-order valence-electron chi connectivity index (χ2n) is 8.19. The van der Waals surface area contributed by atoms with E-state index in [1.54, 1.807) is 59.8 Å². The van der Waals surface area contributed by atoms with Crippen molar-refractivity contribution >= 4 is 23.6 Å². The highest BCUT2D eigenvalue weighted by atomic mass is 16.6. The Balaban J connectivity index is 2.90. The van der Waals surface area contributed by atoms with Crippen molar-refractivity contribution in [1.82, 2.24) is 5.32 Å². The van der Waals surface area contributed by atoms with Gasteiger partial charge in [-0.15, -0.1) is 0 Å². The van der Waals surface area contributed by atoms with Gasteiger partial charge in [0.1, 0.15) is 16.9 Å². The van der Waals surface area contributed by atoms with Gasteiger partial charge in [-0.05, 0) is 47.6 Å². The maximum Gasteiger partial charge on any atom is 0.415 e. The number of nitro groups is 1. The van der Waals surface area contributed by atoms with E-state index >= 15 is 0 Å². The van der Waals surface area contributed by atoms with Crippen LogP contribution in [0.15, 0.2) is 36.4 Å². The molecule has 0 spiro atoms. The van der Waals surface area contributed by atoms with Crippen LogP contribution in [-0.2, 0) is 9.47 Å². The average Bonchev–Trinajstić information content (AvgIpc) is 2.54. The first-order valence-electron chi connectivity index (χ1n) is 9.16. The number of nitrogens with zero attached hydrogens (tertiary/aromatic N) is 2. The fourth-order valence-corrected chi connectivity index (χ4v) is 2.15. The summed E-state index contributed by atoms with van der Waals surface area (Å²) in [6.45, 7) is 10.6. The highest BCUT2D eigenvalue weighted by molar-refractivity contribution is 5.91. The standard InChI is InChI=1S/C20H29N3O6/c1-19(2,3)28-17(24)21-13-9-10-14-22(18(25)29-20(4,5)6)15-11-7-8-12-16(15)23(26)27/h7-12H,13-14H2,1-6H3,(H,21,24)/b10-9+. The molecule has 0 heterocycles. The van der Waals surface area contributed by atoms with Crippen molar-refractivity contribution in [3.8, 4) is 0 Å². The molecule has 9 heteroatoms. The molecule has 0 aromatic heterocycles. The minimum Gasteiger partial charge on any atom is -0.444 e. The number of rotatable bonds is 6. The fourth-order valence-electron chi connectivity index (χ4n) is 2.15. The van der Waals surface area contributed by atoms with Crippen LogP contribution in [0.2, 0.25) is 0 Å². The van der Waals surface area contributed by atoms with Gasteiger partial charge in [0, 0.05) is 19.2 Å². The van der Waals surface area contributed by atoms with E-state index in [4.69, 9.17) is 9.47 Å². The number of hydrogen-bond acceptors (Lipinski definition) is 6. The van der Waals surface area contributed by atoms with Crippen LogP contribution in [0.5, 0.6) is 0 Å². The number of alkyl carbamates (subject to hydrolysis) is 1. The summed E-state index contributed by atoms with van der Waals surface area (Å²) < 4.78 is 10.5. The molecule has 1 rings (SSSR count). The molecular weight excluding hydrogens is 378 g/mol. The molecule has 1 N–H and O–H groups in total. The van der Waals surface area contributed by atoms with Crippen molar-refractivity contribution in [2.24, 2.45) is 0 Å². The molecule has 0 saturated carbocycles. The molecule has 0 saturated heterocycles. The highest BCUT2D eigenvalue weighted by Gasteiger charge is 2.27. The average molecular weight is 407 g/mol. The summed E-state index contributed by atoms with van der Waals surface area (Å²) in [5.41, 5.74) is -1.45. The molecule has 9 nitrogen and oxygen atoms in total. The number of ether oxygens (including phenoxy) is 2. The monoisotopic (exact) mass is 407 g/mol. The summed E-state index contributed by atoms with van der Waals surface area (Å²) in [6.07, 6.45) is 1.95. The lowest BCUT2D eigenvalue weighted by atomic mass is 10.2. The van der Waals surface area contributed by atoms with Crippen molar-refractivity contribution in [3.05, 3.63) is 46.5 Å². The van der Waals surface area contributed by atoms with Gasteiger partial charge < -0.3 is 14.8 Å². The summed E-state index contributed by atoms with van der Waals surface area (Å²) in [7, 11) is 0. The Bertz CT molecular complexity index is 762. The van der Waals surface area contributed by atoms with Crippen LogP contribution in [0.4, 0.5) is 21.0 Å². The lowest BCUT2D eigenvalue weighted by Crippen LogP contribution is -2.37. The minimum absolute atomic E-state index is 0.0236. The van der Waals surface area contributed by atoms with Gasteiger partial charge >= 0.3 is 12.2 Å². The zero-order valence-corrected chi connectivity index (χ0v) is 17.7. The lowest BCUT2D eigenvalue weighted by Gasteiger charge is -2.26. The Labute approximate surface area is 170 Å². The predicted molar refractivity (Wildman–Crippen MR) is 110 cm³/mol. The van der Waals surface area contributed by atoms with Crippen LogP contribution >= 0.6 is 0 Å². The second kappa shape index (κ2) is 9.90. The normalized spacial score (nSPS) is 11.8. The molecule has 1 aromatic rings. The molecule has 160 valence electrons. The number of anilines is 1. The maximum absolute atomic E-state index is 12.6. The number of para-hydroxylation sites is 2. The molecule has 0 aliphatic rings. The van der Waals surface area contributed by atoms with Gasteiger partial charge in [0.15, 0.2) is 0 Å². The highest BCUT2D eigenvalue weighted by Crippen LogP contribution is 2.29. The zero-order valence-electron chi connectivity index (χ0n) is 17.7. The Morgan fingerprint density at radius 1 is 1.07 bits per heavy atom. The van der Waals surface area contributed by atoms with Gasteiger partial charge in [-0.1, -0.05) is 24.3 Å². The van der Waals surface area contributed by atoms with Crippen molar-refractivity contribution in [1.29, 1.82) is 0 Å². The smallest absolute Gasteiger partial charge is 0.415 e. The molecule has 0 bridgehead atoms. The van der Waals surface area contributed by atoms with E-state index in [0.717, 1.165) is 0 Å². The molecular formula is C20H29N3O6. The Hall–Kier alpha value is -3.10. The van der Waals surface area contributed by atoms with Crippen molar-refractivity contribution in [2.75, 3.05) is 18.0 Å². The molecule has 1 aromatic carbocycles. The number of carbonyl (C=O) groups is 2. The van der Waals surface area contributed by atoms with E-state index in [-0.39, 0.29) is 24.5 Å². The summed E-state index contributed by atoms with van der Waals surface area (Å²) in [5.74, 6) is 0. The first-order chi connectivity index (χ1) is 13.3. The van der Waals surface area contributed by atoms with Gasteiger partial charge in [-0.25, -0.2) is 9.59 Å². The van der Waals surface area contributed by atoms with E-state index in [0.29, 0.717) is 0 Å². The molecule has 0 fully saturated rings. The third-order valence-electron chi connectivity index (χ3n) is 3.20. The summed E-state index contributed by atoms with van der Waals surface area (Å²) in [6, 6.07) is 5.93. The van der Waals surface area contributed by atoms with E-state index in [2.05, 4.69) is 5.32 Å². The predicted octanol–water partition coefficient (Wildman–Crippen LogP) is 4.42. The van der Waals surface area contributed by atoms with Crippen LogP contribution in [0.3, 0.4) is 0 Å². The van der Waals surface area contributed by atoms with Crippen molar-refractivity contribution in [2.45, 2.75) is 52.7 Å². The second-order valence-corrected chi connectivity index (χ2v) is 8.19. The molecule has 0 aliphatic heterocycles. The molecule has 0 radical (unpaired) electrons. The first-order valence-corrected chi connectivity index (χ1v) is 9.16. The third kappa shape index (κ3) is 9.09. The molecule has 0 aliphatic carbocycles. The van der Waals surface area contributed by atoms with E-state index < -0.39 is 28.3 Å². The molecule has 0 unspecified atom stereocenters. The number of amides is 2. The number of hydrogen-bond donors (Lipinski definition) is 1. The quantitative estimate of drug-likeness (QED) is 0.424. The van der Waals surface area contributed by atoms with E-state index in [1.807, 2.05) is 0 Å². The van der Waals surface area contributed by atoms with E-state index in [1.165, 1.54) is 23.1 Å². The van der Waals surface area contributed by atoms with Gasteiger partial charge in [0.25, 0.3) is 5.69 Å². The molecule has 2 amide bonds. The zero-order chi connectivity index (χ0) is 22.2. The summed E-state index contributed by atoms with van der Waals surface area (Å²) in [5, 5.41) is 13.9. The van der Waals surface area contributed by atoms with Gasteiger partial charge in [-0.3, -0.25) is 15.0 Å². The first kappa shape index (κ1) is 23.9. The number of nitrogens with one attached hydrogen (secondary N) is 1. The lowest BCUT2D eigenvalue weighted by molar-refractivity contribution is -0.384. The van der Waals surface area contributed by atoms with Crippen molar-refractivity contribution < 1.29 is 24.0 Å². The SMILES string of the molecule is CC(C)(C)OC(=O)NC/C=C/CN(C(=O)OC(C)(C)C)c1ccccc1[N+](=O)[O-]. The van der Waals surface area contributed by atoms with Crippen LogP contribution in [0.25, 0.3) is 0 Å². The Morgan fingerprint density at radius 3 is 2.21 bits per heavy atom. The van der Waals surface area contributed by atoms with Gasteiger partial charge in [0.05, 0.1) is 4.92 Å². The fraction of sp³-hybridized carbons (Fsp3) is 0.500. The Morgan fingerprint density at radius 2 is 1.66 bits per heavy atom. The number of carbonyl (C=O) groups excluding carboxylic acids is 2. The van der Waals surface area contributed by atoms with Crippen LogP contribution < -0.4 is 10.2 Å².